The summed E-state index contributed by atoms with van der Waals surface area (Å²) in [6.07, 6.45) is 0. The van der Waals surface area contributed by atoms with Gasteiger partial charge in [0.2, 0.25) is 5.95 Å². The van der Waals surface area contributed by atoms with Crippen LogP contribution in [0.2, 0.25) is 0 Å². The average Bonchev–Trinajstić information content (AvgIpc) is 3.02. The summed E-state index contributed by atoms with van der Waals surface area (Å²) in [6, 6.07) is 7.29. The topological polar surface area (TPSA) is 43.8 Å². The number of nitrogens with two attached hydrogens (primary N) is 1. The molecule has 2 N–H and O–H groups in total. The minimum absolute atomic E-state index is 0.0978. The van der Waals surface area contributed by atoms with E-state index >= 15 is 0 Å². The normalized spacial score (nSPS) is 12.2. The molecule has 21 heavy (non-hydrogen) atoms. The predicted octanol–water partition coefficient (Wildman–Crippen LogP) is 4.56. The third kappa shape index (κ3) is 2.58. The maximum atomic E-state index is 13.8. The highest BCUT2D eigenvalue weighted by Crippen LogP contribution is 2.32. The van der Waals surface area contributed by atoms with Crippen LogP contribution in [0.1, 0.15) is 18.7 Å². The van der Waals surface area contributed by atoms with Gasteiger partial charge < -0.3 is 10.3 Å². The number of anilines is 1. The molecule has 6 heteroatoms. The van der Waals surface area contributed by atoms with Crippen LogP contribution in [-0.4, -0.2) is 9.55 Å². The molecule has 0 amide bonds. The molecule has 0 fully saturated rings. The minimum atomic E-state index is -0.308. The molecule has 0 aliphatic carbocycles. The molecule has 110 valence electrons. The molecule has 1 aromatic carbocycles. The predicted molar refractivity (Wildman–Crippen MR) is 89.1 cm³/mol. The number of halogens is 2. The van der Waals surface area contributed by atoms with Crippen LogP contribution in [0.15, 0.2) is 34.1 Å². The summed E-state index contributed by atoms with van der Waals surface area (Å²) >= 11 is 4.89. The van der Waals surface area contributed by atoms with Crippen molar-refractivity contribution in [1.29, 1.82) is 0 Å². The first-order chi connectivity index (χ1) is 9.88. The van der Waals surface area contributed by atoms with Crippen molar-refractivity contribution in [2.75, 3.05) is 5.73 Å². The lowest BCUT2D eigenvalue weighted by Gasteiger charge is -2.24. The summed E-state index contributed by atoms with van der Waals surface area (Å²) in [5, 5.41) is 2.06. The summed E-state index contributed by atoms with van der Waals surface area (Å²) < 4.78 is 16.1. The molecule has 0 spiro atoms. The van der Waals surface area contributed by atoms with Crippen LogP contribution in [0.4, 0.5) is 10.3 Å². The molecular weight excluding hydrogens is 353 g/mol. The van der Waals surface area contributed by atoms with E-state index in [4.69, 9.17) is 5.73 Å². The van der Waals surface area contributed by atoms with Gasteiger partial charge in [-0.25, -0.2) is 9.37 Å². The first-order valence-electron chi connectivity index (χ1n) is 6.53. The Kier molecular flexibility index (Phi) is 3.53. The molecule has 2 heterocycles. The standard InChI is InChI=1S/C15H15BrFN3S/c1-15(2,13-4-3-5-21-13)8-20-12-7-10(17)9(16)6-11(12)19-14(20)18/h3-7H,8H2,1-2H3,(H2,18,19). The SMILES string of the molecule is CC(C)(Cn1c(N)nc2cc(Br)c(F)cc21)c1cccs1. The Morgan fingerprint density at radius 1 is 1.43 bits per heavy atom. The first-order valence-corrected chi connectivity index (χ1v) is 8.20. The Labute approximate surface area is 134 Å². The smallest absolute Gasteiger partial charge is 0.201 e. The highest BCUT2D eigenvalue weighted by molar-refractivity contribution is 9.10. The Morgan fingerprint density at radius 3 is 2.86 bits per heavy atom. The lowest BCUT2D eigenvalue weighted by molar-refractivity contribution is 0.453. The highest BCUT2D eigenvalue weighted by Gasteiger charge is 2.25. The molecule has 0 aliphatic heterocycles. The number of fused-ring (bicyclic) bond motifs is 1. The number of imidazole rings is 1. The third-order valence-electron chi connectivity index (χ3n) is 3.56. The number of nitrogens with zero attached hydrogens (tertiary/aromatic N) is 2. The Balaban J connectivity index is 2.08. The maximum absolute atomic E-state index is 13.8. The number of hydrogen-bond donors (Lipinski definition) is 1. The third-order valence-corrected chi connectivity index (χ3v) is 5.40. The fraction of sp³-hybridized carbons (Fsp3) is 0.267. The van der Waals surface area contributed by atoms with E-state index in [1.807, 2.05) is 10.6 Å². The molecule has 0 saturated heterocycles. The summed E-state index contributed by atoms with van der Waals surface area (Å²) in [7, 11) is 0. The van der Waals surface area contributed by atoms with Crippen LogP contribution in [0.5, 0.6) is 0 Å². The van der Waals surface area contributed by atoms with E-state index in [9.17, 15) is 4.39 Å². The number of aromatic nitrogens is 2. The van der Waals surface area contributed by atoms with Crippen molar-refractivity contribution < 1.29 is 4.39 Å². The lowest BCUT2D eigenvalue weighted by atomic mass is 9.91. The summed E-state index contributed by atoms with van der Waals surface area (Å²) in [5.74, 6) is 0.102. The van der Waals surface area contributed by atoms with E-state index < -0.39 is 0 Å². The van der Waals surface area contributed by atoms with Crippen LogP contribution in [0.25, 0.3) is 11.0 Å². The molecule has 0 aliphatic rings. The van der Waals surface area contributed by atoms with Gasteiger partial charge in [0.15, 0.2) is 0 Å². The second kappa shape index (κ2) is 5.10. The second-order valence-corrected chi connectivity index (χ2v) is 7.47. The van der Waals surface area contributed by atoms with Crippen molar-refractivity contribution in [3.8, 4) is 0 Å². The van der Waals surface area contributed by atoms with Crippen LogP contribution in [0, 0.1) is 5.82 Å². The lowest BCUT2D eigenvalue weighted by Crippen LogP contribution is -2.24. The Morgan fingerprint density at radius 2 is 2.19 bits per heavy atom. The molecule has 0 bridgehead atoms. The molecule has 0 unspecified atom stereocenters. The van der Waals surface area contributed by atoms with Crippen LogP contribution in [-0.2, 0) is 12.0 Å². The summed E-state index contributed by atoms with van der Waals surface area (Å²) in [4.78, 5) is 5.59. The molecule has 0 radical (unpaired) electrons. The first kappa shape index (κ1) is 14.5. The zero-order valence-electron chi connectivity index (χ0n) is 11.7. The van der Waals surface area contributed by atoms with Crippen molar-refractivity contribution >= 4 is 44.2 Å². The van der Waals surface area contributed by atoms with Crippen LogP contribution < -0.4 is 5.73 Å². The van der Waals surface area contributed by atoms with E-state index in [0.717, 1.165) is 5.52 Å². The Bertz CT molecular complexity index is 793. The fourth-order valence-electron chi connectivity index (χ4n) is 2.44. The summed E-state index contributed by atoms with van der Waals surface area (Å²) in [5.41, 5.74) is 7.35. The second-order valence-electron chi connectivity index (χ2n) is 5.67. The average molecular weight is 368 g/mol. The molecule has 0 saturated carbocycles. The van der Waals surface area contributed by atoms with Gasteiger partial charge in [-0.2, -0.15) is 0 Å². The minimum Gasteiger partial charge on any atom is -0.369 e. The molecular formula is C15H15BrFN3S. The van der Waals surface area contributed by atoms with Crippen molar-refractivity contribution in [2.24, 2.45) is 0 Å². The van der Waals surface area contributed by atoms with Gasteiger partial charge in [-0.05, 0) is 33.4 Å². The van der Waals surface area contributed by atoms with E-state index in [0.29, 0.717) is 22.5 Å². The van der Waals surface area contributed by atoms with Gasteiger partial charge in [0, 0.05) is 22.9 Å². The van der Waals surface area contributed by atoms with Crippen molar-refractivity contribution in [3.05, 3.63) is 44.8 Å². The highest BCUT2D eigenvalue weighted by atomic mass is 79.9. The van der Waals surface area contributed by atoms with E-state index in [2.05, 4.69) is 46.2 Å². The van der Waals surface area contributed by atoms with Gasteiger partial charge in [-0.3, -0.25) is 0 Å². The number of thiophene rings is 1. The van der Waals surface area contributed by atoms with Crippen LogP contribution >= 0.6 is 27.3 Å². The van der Waals surface area contributed by atoms with Crippen molar-refractivity contribution in [1.82, 2.24) is 9.55 Å². The number of rotatable bonds is 3. The Hall–Kier alpha value is -1.40. The number of benzene rings is 1. The van der Waals surface area contributed by atoms with Gasteiger partial charge in [0.25, 0.3) is 0 Å². The number of hydrogen-bond acceptors (Lipinski definition) is 3. The van der Waals surface area contributed by atoms with Crippen molar-refractivity contribution in [2.45, 2.75) is 25.8 Å². The monoisotopic (exact) mass is 367 g/mol. The van der Waals surface area contributed by atoms with E-state index in [-0.39, 0.29) is 11.2 Å². The molecule has 0 atom stereocenters. The van der Waals surface area contributed by atoms with Gasteiger partial charge in [-0.1, -0.05) is 19.9 Å². The van der Waals surface area contributed by atoms with Gasteiger partial charge >= 0.3 is 0 Å². The largest absolute Gasteiger partial charge is 0.369 e. The zero-order chi connectivity index (χ0) is 15.2. The molecule has 2 aromatic heterocycles. The van der Waals surface area contributed by atoms with E-state index in [1.165, 1.54) is 10.9 Å². The number of nitrogen functional groups attached to an aromatic ring is 1. The molecule has 3 nitrogen and oxygen atoms in total. The summed E-state index contributed by atoms with van der Waals surface area (Å²) in [6.45, 7) is 4.95. The fourth-order valence-corrected chi connectivity index (χ4v) is 3.62. The quantitative estimate of drug-likeness (QED) is 0.737. The van der Waals surface area contributed by atoms with Gasteiger partial charge in [0.05, 0.1) is 15.5 Å². The van der Waals surface area contributed by atoms with Crippen LogP contribution in [0.3, 0.4) is 0 Å². The van der Waals surface area contributed by atoms with E-state index in [1.54, 1.807) is 17.4 Å². The van der Waals surface area contributed by atoms with Gasteiger partial charge in [-0.15, -0.1) is 11.3 Å². The zero-order valence-corrected chi connectivity index (χ0v) is 14.1. The van der Waals surface area contributed by atoms with Gasteiger partial charge in [0.1, 0.15) is 5.82 Å². The maximum Gasteiger partial charge on any atom is 0.201 e. The molecule has 3 aromatic rings. The van der Waals surface area contributed by atoms with Crippen molar-refractivity contribution in [3.63, 3.8) is 0 Å². The molecule has 3 rings (SSSR count).